The van der Waals surface area contributed by atoms with Gasteiger partial charge in [0.2, 0.25) is 0 Å². The van der Waals surface area contributed by atoms with Gasteiger partial charge >= 0.3 is 83.1 Å². The van der Waals surface area contributed by atoms with Gasteiger partial charge < -0.3 is 0 Å². The molecule has 0 spiro atoms. The normalized spacial score (nSPS) is 10.2. The first kappa shape index (κ1) is 8.56. The van der Waals surface area contributed by atoms with Crippen molar-refractivity contribution in [1.82, 2.24) is 0 Å². The number of benzene rings is 1. The summed E-state index contributed by atoms with van der Waals surface area (Å²) in [5.41, 5.74) is 1.26. The van der Waals surface area contributed by atoms with Crippen LogP contribution in [0.4, 0.5) is 0 Å². The van der Waals surface area contributed by atoms with Gasteiger partial charge in [-0.05, 0) is 0 Å². The summed E-state index contributed by atoms with van der Waals surface area (Å²) < 4.78 is 2.37. The van der Waals surface area contributed by atoms with Crippen LogP contribution in [0.3, 0.4) is 0 Å². The van der Waals surface area contributed by atoms with Crippen LogP contribution in [0.1, 0.15) is 16.9 Å². The van der Waals surface area contributed by atoms with Crippen molar-refractivity contribution >= 4 is 24.1 Å². The molecule has 0 fully saturated rings. The molecule has 1 heterocycles. The molecule has 13 heavy (non-hydrogen) atoms. The van der Waals surface area contributed by atoms with Crippen molar-refractivity contribution in [2.45, 2.75) is 13.3 Å². The third kappa shape index (κ3) is 1.31. The first-order chi connectivity index (χ1) is 6.36. The van der Waals surface area contributed by atoms with Crippen LogP contribution in [0.5, 0.6) is 0 Å². The molecule has 64 valence electrons. The van der Waals surface area contributed by atoms with Gasteiger partial charge in [0.1, 0.15) is 0 Å². The van der Waals surface area contributed by atoms with Crippen molar-refractivity contribution in [1.29, 1.82) is 5.26 Å². The Morgan fingerprint density at radius 1 is 1.38 bits per heavy atom. The van der Waals surface area contributed by atoms with Gasteiger partial charge in [-0.25, -0.2) is 0 Å². The van der Waals surface area contributed by atoms with E-state index in [9.17, 15) is 0 Å². The van der Waals surface area contributed by atoms with Crippen molar-refractivity contribution in [3.63, 3.8) is 0 Å². The molecule has 0 atom stereocenters. The SMILES string of the molecule is CCc1c(C#N)[se]c2ccccc12. The van der Waals surface area contributed by atoms with Crippen LogP contribution in [0.25, 0.3) is 9.65 Å². The number of nitrogens with zero attached hydrogens (tertiary/aromatic N) is 1. The Hall–Kier alpha value is -1.03. The van der Waals surface area contributed by atoms with E-state index in [0.29, 0.717) is 0 Å². The summed E-state index contributed by atoms with van der Waals surface area (Å²) in [5.74, 6) is 0. The second-order valence-electron chi connectivity index (χ2n) is 2.87. The molecule has 0 unspecified atom stereocenters. The average molecular weight is 234 g/mol. The summed E-state index contributed by atoms with van der Waals surface area (Å²) in [5, 5.41) is 10.3. The Balaban J connectivity index is 2.83. The number of rotatable bonds is 1. The van der Waals surface area contributed by atoms with Gasteiger partial charge in [-0.3, -0.25) is 0 Å². The zero-order chi connectivity index (χ0) is 9.26. The molecule has 0 aliphatic carbocycles. The van der Waals surface area contributed by atoms with Gasteiger partial charge in [-0.1, -0.05) is 0 Å². The number of fused-ring (bicyclic) bond motifs is 1. The molecule has 1 aromatic heterocycles. The van der Waals surface area contributed by atoms with E-state index in [1.165, 1.54) is 15.2 Å². The summed E-state index contributed by atoms with van der Waals surface area (Å²) in [4.78, 5) is 0. The minimum atomic E-state index is 0.261. The molecule has 2 heteroatoms. The number of hydrogen-bond acceptors (Lipinski definition) is 1. The Labute approximate surface area is 83.4 Å². The van der Waals surface area contributed by atoms with Crippen molar-refractivity contribution in [3.05, 3.63) is 34.3 Å². The predicted octanol–water partition coefficient (Wildman–Crippen LogP) is 2.33. The van der Waals surface area contributed by atoms with Crippen molar-refractivity contribution in [2.24, 2.45) is 0 Å². The Morgan fingerprint density at radius 3 is 2.85 bits per heavy atom. The molecule has 0 radical (unpaired) electrons. The zero-order valence-corrected chi connectivity index (χ0v) is 9.09. The molecular weight excluding hydrogens is 225 g/mol. The Bertz CT molecular complexity index is 476. The third-order valence-electron chi connectivity index (χ3n) is 2.15. The van der Waals surface area contributed by atoms with Gasteiger partial charge in [-0.2, -0.15) is 0 Å². The van der Waals surface area contributed by atoms with Crippen LogP contribution >= 0.6 is 0 Å². The van der Waals surface area contributed by atoms with E-state index in [-0.39, 0.29) is 14.5 Å². The van der Waals surface area contributed by atoms with E-state index in [1.807, 2.05) is 12.1 Å². The molecule has 0 aliphatic rings. The Kier molecular flexibility index (Phi) is 2.22. The van der Waals surface area contributed by atoms with Crippen molar-refractivity contribution in [2.75, 3.05) is 0 Å². The van der Waals surface area contributed by atoms with Gasteiger partial charge in [-0.15, -0.1) is 0 Å². The molecule has 0 N–H and O–H groups in total. The van der Waals surface area contributed by atoms with Gasteiger partial charge in [0.25, 0.3) is 0 Å². The van der Waals surface area contributed by atoms with E-state index in [2.05, 4.69) is 25.1 Å². The van der Waals surface area contributed by atoms with E-state index >= 15 is 0 Å². The molecule has 0 amide bonds. The molecule has 1 aromatic carbocycles. The topological polar surface area (TPSA) is 23.8 Å². The number of aryl methyl sites for hydroxylation is 1. The number of nitriles is 1. The molecule has 0 saturated heterocycles. The van der Waals surface area contributed by atoms with Crippen LogP contribution in [0.15, 0.2) is 24.3 Å². The standard InChI is InChI=1S/C11H9NSe/c1-2-8-9-5-3-4-6-10(9)13-11(8)7-12/h3-6H,2H2,1H3. The fraction of sp³-hybridized carbons (Fsp3) is 0.182. The first-order valence-electron chi connectivity index (χ1n) is 4.27. The monoisotopic (exact) mass is 235 g/mol. The summed E-state index contributed by atoms with van der Waals surface area (Å²) in [7, 11) is 0. The molecular formula is C11H9NSe. The summed E-state index contributed by atoms with van der Waals surface area (Å²) in [6, 6.07) is 10.7. The summed E-state index contributed by atoms with van der Waals surface area (Å²) in [6.45, 7) is 2.12. The average Bonchev–Trinajstić information content (AvgIpc) is 2.55. The first-order valence-corrected chi connectivity index (χ1v) is 5.98. The predicted molar refractivity (Wildman–Crippen MR) is 55.0 cm³/mol. The summed E-state index contributed by atoms with van der Waals surface area (Å²) >= 11 is 0.261. The van der Waals surface area contributed by atoms with E-state index < -0.39 is 0 Å². The Morgan fingerprint density at radius 2 is 2.15 bits per heavy atom. The number of hydrogen-bond donors (Lipinski definition) is 0. The van der Waals surface area contributed by atoms with Gasteiger partial charge in [0.15, 0.2) is 0 Å². The fourth-order valence-corrected chi connectivity index (χ4v) is 3.83. The van der Waals surface area contributed by atoms with Gasteiger partial charge in [0, 0.05) is 0 Å². The maximum absolute atomic E-state index is 8.95. The fourth-order valence-electron chi connectivity index (χ4n) is 1.54. The van der Waals surface area contributed by atoms with Crippen molar-refractivity contribution in [3.8, 4) is 6.07 Å². The van der Waals surface area contributed by atoms with Crippen LogP contribution in [0, 0.1) is 11.3 Å². The van der Waals surface area contributed by atoms with Crippen LogP contribution in [-0.2, 0) is 6.42 Å². The quantitative estimate of drug-likeness (QED) is 0.695. The van der Waals surface area contributed by atoms with Crippen LogP contribution < -0.4 is 0 Å². The molecule has 2 rings (SSSR count). The van der Waals surface area contributed by atoms with Crippen molar-refractivity contribution < 1.29 is 0 Å². The maximum atomic E-state index is 8.95. The van der Waals surface area contributed by atoms with E-state index in [4.69, 9.17) is 5.26 Å². The van der Waals surface area contributed by atoms with E-state index in [1.54, 1.807) is 0 Å². The second kappa shape index (κ2) is 3.38. The minimum absolute atomic E-state index is 0.261. The zero-order valence-electron chi connectivity index (χ0n) is 7.37. The molecule has 0 saturated carbocycles. The molecule has 1 nitrogen and oxygen atoms in total. The molecule has 0 aliphatic heterocycles. The third-order valence-corrected chi connectivity index (χ3v) is 4.50. The second-order valence-corrected chi connectivity index (χ2v) is 5.08. The van der Waals surface area contributed by atoms with Crippen LogP contribution in [0.2, 0.25) is 0 Å². The molecule has 0 bridgehead atoms. The summed E-state index contributed by atoms with van der Waals surface area (Å²) in [6.07, 6.45) is 0.974. The van der Waals surface area contributed by atoms with Crippen LogP contribution in [-0.4, -0.2) is 14.5 Å². The molecule has 2 aromatic rings. The van der Waals surface area contributed by atoms with Gasteiger partial charge in [0.05, 0.1) is 0 Å². The van der Waals surface area contributed by atoms with E-state index in [0.717, 1.165) is 10.9 Å².